The maximum absolute atomic E-state index is 6.06. The lowest BCUT2D eigenvalue weighted by atomic mass is 10.1. The third kappa shape index (κ3) is 3.22. The molecule has 0 radical (unpaired) electrons. The van der Waals surface area contributed by atoms with Gasteiger partial charge < -0.3 is 14.6 Å². The van der Waals surface area contributed by atoms with E-state index in [2.05, 4.69) is 56.2 Å². The van der Waals surface area contributed by atoms with Crippen molar-refractivity contribution in [3.05, 3.63) is 35.6 Å². The molecule has 0 amide bonds. The fourth-order valence-corrected chi connectivity index (χ4v) is 2.55. The number of rotatable bonds is 7. The number of nitrogens with zero attached hydrogens (tertiary/aromatic N) is 1. The maximum Gasteiger partial charge on any atom is 0.134 e. The Morgan fingerprint density at radius 3 is 2.70 bits per heavy atom. The first-order valence-corrected chi connectivity index (χ1v) is 7.59. The lowest BCUT2D eigenvalue weighted by Gasteiger charge is -2.17. The van der Waals surface area contributed by atoms with Crippen LogP contribution < -0.4 is 5.32 Å². The van der Waals surface area contributed by atoms with Crippen molar-refractivity contribution < 1.29 is 4.42 Å². The second-order valence-corrected chi connectivity index (χ2v) is 5.37. The van der Waals surface area contributed by atoms with Crippen LogP contribution in [-0.2, 0) is 6.42 Å². The second kappa shape index (κ2) is 6.91. The average Bonchev–Trinajstić information content (AvgIpc) is 2.85. The van der Waals surface area contributed by atoms with Crippen LogP contribution in [0, 0.1) is 0 Å². The predicted octanol–water partition coefficient (Wildman–Crippen LogP) is 3.60. The number of benzene rings is 1. The number of hydrogen-bond acceptors (Lipinski definition) is 3. The van der Waals surface area contributed by atoms with Crippen molar-refractivity contribution in [1.82, 2.24) is 10.2 Å². The van der Waals surface area contributed by atoms with Gasteiger partial charge in [-0.15, -0.1) is 0 Å². The Balaban J connectivity index is 2.11. The van der Waals surface area contributed by atoms with Gasteiger partial charge in [0.2, 0.25) is 0 Å². The molecule has 2 aromatic rings. The lowest BCUT2D eigenvalue weighted by Crippen LogP contribution is -2.30. The van der Waals surface area contributed by atoms with Crippen molar-refractivity contribution in [2.75, 3.05) is 26.7 Å². The van der Waals surface area contributed by atoms with Crippen LogP contribution in [0.1, 0.15) is 38.1 Å². The number of fused-ring (bicyclic) bond motifs is 1. The standard InChI is InChI=1S/C17H26N2O/c1-5-14-15-9-7-8-10-16(15)20-17(14)13(3)18-11-12-19(4)6-2/h7-10,13,18H,5-6,11-12H2,1-4H3. The van der Waals surface area contributed by atoms with Gasteiger partial charge in [0.25, 0.3) is 0 Å². The van der Waals surface area contributed by atoms with Crippen LogP contribution in [0.3, 0.4) is 0 Å². The molecular formula is C17H26N2O. The predicted molar refractivity (Wildman–Crippen MR) is 85.2 cm³/mol. The van der Waals surface area contributed by atoms with Gasteiger partial charge in [-0.2, -0.15) is 0 Å². The molecule has 0 bridgehead atoms. The van der Waals surface area contributed by atoms with Crippen molar-refractivity contribution in [3.8, 4) is 0 Å². The summed E-state index contributed by atoms with van der Waals surface area (Å²) in [6.45, 7) is 9.67. The summed E-state index contributed by atoms with van der Waals surface area (Å²) in [4.78, 5) is 2.30. The molecule has 1 atom stereocenters. The van der Waals surface area contributed by atoms with E-state index in [1.165, 1.54) is 10.9 Å². The molecule has 0 saturated carbocycles. The van der Waals surface area contributed by atoms with Gasteiger partial charge in [0, 0.05) is 24.0 Å². The Morgan fingerprint density at radius 1 is 1.25 bits per heavy atom. The monoisotopic (exact) mass is 274 g/mol. The van der Waals surface area contributed by atoms with Gasteiger partial charge >= 0.3 is 0 Å². The Kier molecular flexibility index (Phi) is 5.21. The van der Waals surface area contributed by atoms with Crippen LogP contribution in [0.25, 0.3) is 11.0 Å². The highest BCUT2D eigenvalue weighted by Crippen LogP contribution is 2.30. The fourth-order valence-electron chi connectivity index (χ4n) is 2.55. The summed E-state index contributed by atoms with van der Waals surface area (Å²) in [7, 11) is 2.14. The number of aryl methyl sites for hydroxylation is 1. The lowest BCUT2D eigenvalue weighted by molar-refractivity contribution is 0.335. The van der Waals surface area contributed by atoms with Gasteiger partial charge in [0.05, 0.1) is 6.04 Å². The molecule has 1 N–H and O–H groups in total. The molecule has 20 heavy (non-hydrogen) atoms. The van der Waals surface area contributed by atoms with E-state index in [-0.39, 0.29) is 6.04 Å². The molecule has 0 aliphatic rings. The molecule has 3 heteroatoms. The quantitative estimate of drug-likeness (QED) is 0.836. The minimum absolute atomic E-state index is 0.252. The van der Waals surface area contributed by atoms with Crippen LogP contribution in [-0.4, -0.2) is 31.6 Å². The summed E-state index contributed by atoms with van der Waals surface area (Å²) in [6, 6.07) is 8.56. The van der Waals surface area contributed by atoms with Gasteiger partial charge in [-0.25, -0.2) is 0 Å². The minimum atomic E-state index is 0.252. The third-order valence-corrected chi connectivity index (χ3v) is 3.96. The normalized spacial score (nSPS) is 13.2. The molecule has 2 rings (SSSR count). The van der Waals surface area contributed by atoms with Gasteiger partial charge in [0.15, 0.2) is 0 Å². The van der Waals surface area contributed by atoms with Crippen LogP contribution >= 0.6 is 0 Å². The molecule has 0 aliphatic heterocycles. The number of para-hydroxylation sites is 1. The molecule has 3 nitrogen and oxygen atoms in total. The van der Waals surface area contributed by atoms with Gasteiger partial charge in [-0.05, 0) is 33.0 Å². The molecule has 0 aliphatic carbocycles. The first-order valence-electron chi connectivity index (χ1n) is 7.59. The zero-order valence-electron chi connectivity index (χ0n) is 13.1. The van der Waals surface area contributed by atoms with Crippen LogP contribution in [0.4, 0.5) is 0 Å². The number of furan rings is 1. The first kappa shape index (κ1) is 15.1. The summed E-state index contributed by atoms with van der Waals surface area (Å²) in [5.74, 6) is 1.09. The van der Waals surface area contributed by atoms with E-state index in [0.717, 1.165) is 37.4 Å². The van der Waals surface area contributed by atoms with Crippen molar-refractivity contribution in [3.63, 3.8) is 0 Å². The van der Waals surface area contributed by atoms with Crippen molar-refractivity contribution in [2.24, 2.45) is 0 Å². The molecule has 1 heterocycles. The van der Waals surface area contributed by atoms with E-state index < -0.39 is 0 Å². The Hall–Kier alpha value is -1.32. The van der Waals surface area contributed by atoms with E-state index in [4.69, 9.17) is 4.42 Å². The van der Waals surface area contributed by atoms with E-state index in [1.807, 2.05) is 6.07 Å². The first-order chi connectivity index (χ1) is 9.67. The topological polar surface area (TPSA) is 28.4 Å². The second-order valence-electron chi connectivity index (χ2n) is 5.37. The largest absolute Gasteiger partial charge is 0.459 e. The molecule has 1 aromatic carbocycles. The smallest absolute Gasteiger partial charge is 0.134 e. The zero-order valence-corrected chi connectivity index (χ0v) is 13.1. The van der Waals surface area contributed by atoms with Gasteiger partial charge in [-0.3, -0.25) is 0 Å². The molecule has 0 saturated heterocycles. The Morgan fingerprint density at radius 2 is 2.00 bits per heavy atom. The molecular weight excluding hydrogens is 248 g/mol. The SMILES string of the molecule is CCc1c(C(C)NCCN(C)CC)oc2ccccc12. The Bertz CT molecular complexity index is 547. The number of hydrogen-bond donors (Lipinski definition) is 1. The summed E-state index contributed by atoms with van der Waals surface area (Å²) in [5.41, 5.74) is 2.34. The summed E-state index contributed by atoms with van der Waals surface area (Å²) in [6.07, 6.45) is 1.01. The molecule has 110 valence electrons. The minimum Gasteiger partial charge on any atom is -0.459 e. The summed E-state index contributed by atoms with van der Waals surface area (Å²) >= 11 is 0. The van der Waals surface area contributed by atoms with Crippen LogP contribution in [0.2, 0.25) is 0 Å². The zero-order chi connectivity index (χ0) is 14.5. The van der Waals surface area contributed by atoms with Crippen LogP contribution in [0.15, 0.2) is 28.7 Å². The van der Waals surface area contributed by atoms with E-state index in [0.29, 0.717) is 0 Å². The van der Waals surface area contributed by atoms with Crippen molar-refractivity contribution >= 4 is 11.0 Å². The molecule has 0 fully saturated rings. The van der Waals surface area contributed by atoms with Gasteiger partial charge in [0.1, 0.15) is 11.3 Å². The van der Waals surface area contributed by atoms with Gasteiger partial charge in [-0.1, -0.05) is 32.0 Å². The fraction of sp³-hybridized carbons (Fsp3) is 0.529. The average molecular weight is 274 g/mol. The molecule has 0 spiro atoms. The van der Waals surface area contributed by atoms with E-state index in [1.54, 1.807) is 0 Å². The highest BCUT2D eigenvalue weighted by atomic mass is 16.3. The van der Waals surface area contributed by atoms with E-state index in [9.17, 15) is 0 Å². The van der Waals surface area contributed by atoms with Crippen molar-refractivity contribution in [1.29, 1.82) is 0 Å². The summed E-state index contributed by atoms with van der Waals surface area (Å²) < 4.78 is 6.06. The molecule has 1 unspecified atom stereocenters. The van der Waals surface area contributed by atoms with Crippen LogP contribution in [0.5, 0.6) is 0 Å². The van der Waals surface area contributed by atoms with E-state index >= 15 is 0 Å². The highest BCUT2D eigenvalue weighted by molar-refractivity contribution is 5.82. The van der Waals surface area contributed by atoms with Crippen molar-refractivity contribution in [2.45, 2.75) is 33.2 Å². The summed E-state index contributed by atoms with van der Waals surface area (Å²) in [5, 5.41) is 4.82. The highest BCUT2D eigenvalue weighted by Gasteiger charge is 2.17. The number of nitrogens with one attached hydrogen (secondary N) is 1. The number of likely N-dealkylation sites (N-methyl/N-ethyl adjacent to an activating group) is 1. The third-order valence-electron chi connectivity index (χ3n) is 3.96. The molecule has 1 aromatic heterocycles. The maximum atomic E-state index is 6.06. The Labute approximate surface area is 122 Å².